The lowest BCUT2D eigenvalue weighted by Crippen LogP contribution is -1.98. The average molecular weight is 473 g/mol. The van der Waals surface area contributed by atoms with E-state index < -0.39 is 19.2 Å². The third-order valence-electron chi connectivity index (χ3n) is 3.82. The minimum absolute atomic E-state index is 0. The van der Waals surface area contributed by atoms with Gasteiger partial charge in [0.2, 0.25) is 0 Å². The van der Waals surface area contributed by atoms with Crippen LogP contribution >= 0.6 is 23.1 Å². The maximum Gasteiger partial charge on any atom is 0.295 e. The lowest BCUT2D eigenvalue weighted by Gasteiger charge is -2.01. The number of halogens is 2. The SMILES string of the molecule is Cl.O=S(=O)(Cl)c1cccc2cnccc12.O=S(=O)(O)c1cccc2cnccc12. The van der Waals surface area contributed by atoms with Gasteiger partial charge in [0, 0.05) is 57.0 Å². The summed E-state index contributed by atoms with van der Waals surface area (Å²) in [6.07, 6.45) is 6.16. The third-order valence-corrected chi connectivity index (χ3v) is 6.11. The predicted octanol–water partition coefficient (Wildman–Crippen LogP) is 4.07. The van der Waals surface area contributed by atoms with Gasteiger partial charge in [0.15, 0.2) is 0 Å². The molecule has 0 aliphatic rings. The molecule has 0 fully saturated rings. The quantitative estimate of drug-likeness (QED) is 0.345. The molecule has 0 unspecified atom stereocenters. The van der Waals surface area contributed by atoms with Crippen molar-refractivity contribution in [3.8, 4) is 0 Å². The molecule has 1 N–H and O–H groups in total. The standard InChI is InChI=1S/C9H6ClNO2S.C9H7NO3S.ClH/c10-14(12,13)9-3-1-2-7-6-11-5-4-8(7)9;11-14(12,13)9-3-1-2-7-6-10-5-4-8(7)9;/h1-6H;1-6H,(H,11,12,13);1H. The molecule has 4 rings (SSSR count). The van der Waals surface area contributed by atoms with E-state index in [0.29, 0.717) is 16.2 Å². The van der Waals surface area contributed by atoms with Gasteiger partial charge in [-0.05, 0) is 24.3 Å². The van der Waals surface area contributed by atoms with E-state index in [-0.39, 0.29) is 22.2 Å². The Bertz CT molecular complexity index is 1260. The van der Waals surface area contributed by atoms with E-state index in [0.717, 1.165) is 5.39 Å². The van der Waals surface area contributed by atoms with Crippen molar-refractivity contribution in [3.05, 3.63) is 73.3 Å². The molecule has 0 spiro atoms. The number of pyridine rings is 2. The third kappa shape index (κ3) is 5.40. The van der Waals surface area contributed by atoms with Gasteiger partial charge in [-0.15, -0.1) is 12.4 Å². The molecule has 152 valence electrons. The summed E-state index contributed by atoms with van der Waals surface area (Å²) in [6, 6.07) is 12.7. The Morgan fingerprint density at radius 3 is 1.62 bits per heavy atom. The molecule has 11 heteroatoms. The Hall–Kier alpha value is -2.30. The second kappa shape index (κ2) is 9.02. The van der Waals surface area contributed by atoms with Crippen LogP contribution in [0.3, 0.4) is 0 Å². The summed E-state index contributed by atoms with van der Waals surface area (Å²) in [7, 11) is -2.55. The number of hydrogen-bond donors (Lipinski definition) is 1. The van der Waals surface area contributed by atoms with E-state index in [9.17, 15) is 16.8 Å². The Morgan fingerprint density at radius 1 is 0.724 bits per heavy atom. The molecule has 0 saturated heterocycles. The first-order valence-corrected chi connectivity index (χ1v) is 11.5. The monoisotopic (exact) mass is 472 g/mol. The largest absolute Gasteiger partial charge is 0.295 e. The minimum atomic E-state index is -4.16. The first-order valence-electron chi connectivity index (χ1n) is 7.75. The summed E-state index contributed by atoms with van der Waals surface area (Å²) in [5, 5.41) is 2.51. The van der Waals surface area contributed by atoms with E-state index >= 15 is 0 Å². The number of nitrogens with zero attached hydrogens (tertiary/aromatic N) is 2. The van der Waals surface area contributed by atoms with Crippen LogP contribution in [-0.2, 0) is 19.2 Å². The van der Waals surface area contributed by atoms with E-state index in [1.165, 1.54) is 24.5 Å². The lowest BCUT2D eigenvalue weighted by atomic mass is 10.2. The first kappa shape index (κ1) is 23.0. The van der Waals surface area contributed by atoms with E-state index in [2.05, 4.69) is 9.97 Å². The van der Waals surface area contributed by atoms with Crippen LogP contribution in [0.4, 0.5) is 0 Å². The molecule has 7 nitrogen and oxygen atoms in total. The zero-order valence-corrected chi connectivity index (χ0v) is 17.7. The fourth-order valence-electron chi connectivity index (χ4n) is 2.62. The second-order valence-electron chi connectivity index (χ2n) is 5.62. The zero-order valence-electron chi connectivity index (χ0n) is 14.5. The lowest BCUT2D eigenvalue weighted by molar-refractivity contribution is 0.484. The highest BCUT2D eigenvalue weighted by Crippen LogP contribution is 2.24. The van der Waals surface area contributed by atoms with Crippen molar-refractivity contribution in [2.24, 2.45) is 0 Å². The van der Waals surface area contributed by atoms with Crippen molar-refractivity contribution in [1.29, 1.82) is 0 Å². The van der Waals surface area contributed by atoms with Gasteiger partial charge in [-0.2, -0.15) is 8.42 Å². The molecule has 4 aromatic rings. The maximum atomic E-state index is 11.2. The fraction of sp³-hybridized carbons (Fsp3) is 0. The number of hydrogen-bond acceptors (Lipinski definition) is 6. The Labute approximate surface area is 178 Å². The summed E-state index contributed by atoms with van der Waals surface area (Å²) in [5.74, 6) is 0. The Morgan fingerprint density at radius 2 is 1.17 bits per heavy atom. The molecule has 29 heavy (non-hydrogen) atoms. The van der Waals surface area contributed by atoms with Gasteiger partial charge in [-0.1, -0.05) is 24.3 Å². The summed E-state index contributed by atoms with van der Waals surface area (Å²) in [5.41, 5.74) is 0. The number of aromatic nitrogens is 2. The van der Waals surface area contributed by atoms with Crippen LogP contribution in [-0.4, -0.2) is 31.4 Å². The van der Waals surface area contributed by atoms with Crippen LogP contribution in [0.15, 0.2) is 83.1 Å². The van der Waals surface area contributed by atoms with Crippen molar-refractivity contribution in [3.63, 3.8) is 0 Å². The molecular formula is C18H14Cl2N2O5S2. The summed E-state index contributed by atoms with van der Waals surface area (Å²) in [6.45, 7) is 0. The summed E-state index contributed by atoms with van der Waals surface area (Å²) < 4.78 is 53.3. The van der Waals surface area contributed by atoms with E-state index in [1.54, 1.807) is 48.8 Å². The van der Waals surface area contributed by atoms with Crippen molar-refractivity contribution < 1.29 is 21.4 Å². The molecule has 0 amide bonds. The second-order valence-corrected chi connectivity index (χ2v) is 9.54. The topological polar surface area (TPSA) is 114 Å². The average Bonchev–Trinajstić information content (AvgIpc) is 2.66. The van der Waals surface area contributed by atoms with Gasteiger partial charge >= 0.3 is 0 Å². The highest BCUT2D eigenvalue weighted by atomic mass is 35.7. The highest BCUT2D eigenvalue weighted by Gasteiger charge is 2.13. The molecule has 0 radical (unpaired) electrons. The molecule has 0 aliphatic heterocycles. The highest BCUT2D eigenvalue weighted by molar-refractivity contribution is 8.14. The van der Waals surface area contributed by atoms with Gasteiger partial charge in [0.1, 0.15) is 4.90 Å². The predicted molar refractivity (Wildman–Crippen MR) is 114 cm³/mol. The summed E-state index contributed by atoms with van der Waals surface area (Å²) in [4.78, 5) is 7.80. The van der Waals surface area contributed by atoms with Crippen LogP contribution in [0.2, 0.25) is 0 Å². The summed E-state index contributed by atoms with van der Waals surface area (Å²) >= 11 is 0. The first-order chi connectivity index (χ1) is 13.2. The molecule has 2 aromatic heterocycles. The van der Waals surface area contributed by atoms with E-state index in [1.807, 2.05) is 0 Å². The number of fused-ring (bicyclic) bond motifs is 2. The van der Waals surface area contributed by atoms with Crippen molar-refractivity contribution >= 4 is 63.8 Å². The van der Waals surface area contributed by atoms with Crippen molar-refractivity contribution in [1.82, 2.24) is 9.97 Å². The molecule has 0 saturated carbocycles. The normalized spacial score (nSPS) is 11.4. The van der Waals surface area contributed by atoms with Gasteiger partial charge in [0.05, 0.1) is 4.90 Å². The van der Waals surface area contributed by atoms with Gasteiger partial charge in [0.25, 0.3) is 19.2 Å². The number of rotatable bonds is 2. The Balaban J connectivity index is 0.000000200. The molecule has 0 atom stereocenters. The molecule has 0 bridgehead atoms. The van der Waals surface area contributed by atoms with Crippen LogP contribution < -0.4 is 0 Å². The zero-order chi connectivity index (χ0) is 20.4. The Kier molecular flexibility index (Phi) is 7.15. The van der Waals surface area contributed by atoms with Crippen LogP contribution in [0.25, 0.3) is 21.5 Å². The maximum absolute atomic E-state index is 11.2. The van der Waals surface area contributed by atoms with E-state index in [4.69, 9.17) is 15.2 Å². The molecular weight excluding hydrogens is 459 g/mol. The molecule has 2 aromatic carbocycles. The van der Waals surface area contributed by atoms with Gasteiger partial charge in [-0.25, -0.2) is 8.42 Å². The van der Waals surface area contributed by atoms with Crippen LogP contribution in [0.5, 0.6) is 0 Å². The van der Waals surface area contributed by atoms with Crippen molar-refractivity contribution in [2.45, 2.75) is 9.79 Å². The smallest absolute Gasteiger partial charge is 0.282 e. The fourth-order valence-corrected chi connectivity index (χ4v) is 4.43. The van der Waals surface area contributed by atoms with Crippen LogP contribution in [0, 0.1) is 0 Å². The minimum Gasteiger partial charge on any atom is -0.282 e. The van der Waals surface area contributed by atoms with Gasteiger partial charge < -0.3 is 0 Å². The molecule has 2 heterocycles. The van der Waals surface area contributed by atoms with Crippen LogP contribution in [0.1, 0.15) is 0 Å². The van der Waals surface area contributed by atoms with Gasteiger partial charge in [-0.3, -0.25) is 14.5 Å². The molecule has 0 aliphatic carbocycles. The van der Waals surface area contributed by atoms with Crippen molar-refractivity contribution in [2.75, 3.05) is 0 Å². The number of benzene rings is 2.